The number of rotatable bonds is 1. The summed E-state index contributed by atoms with van der Waals surface area (Å²) in [4.78, 5) is 0. The third-order valence-electron chi connectivity index (χ3n) is 7.32. The molecule has 2 fully saturated rings. The van der Waals surface area contributed by atoms with Crippen molar-refractivity contribution in [1.82, 2.24) is 0 Å². The Kier molecular flexibility index (Phi) is 3.30. The highest BCUT2D eigenvalue weighted by Gasteiger charge is 2.54. The van der Waals surface area contributed by atoms with Gasteiger partial charge in [-0.05, 0) is 91.4 Å². The molecule has 22 heavy (non-hydrogen) atoms. The monoisotopic (exact) mass is 300 g/mol. The number of methoxy groups -OCH3 is 1. The van der Waals surface area contributed by atoms with E-state index in [-0.39, 0.29) is 11.5 Å². The van der Waals surface area contributed by atoms with Crippen LogP contribution < -0.4 is 4.74 Å². The Labute approximate surface area is 133 Å². The molecule has 5 unspecified atom stereocenters. The maximum Gasteiger partial charge on any atom is 0.122 e. The predicted octanol–water partition coefficient (Wildman–Crippen LogP) is 4.22. The van der Waals surface area contributed by atoms with Gasteiger partial charge in [0.1, 0.15) is 5.75 Å². The van der Waals surface area contributed by atoms with Crippen LogP contribution in [0.4, 0.5) is 0 Å². The summed E-state index contributed by atoms with van der Waals surface area (Å²) in [6.07, 6.45) is 7.07. The fraction of sp³-hybridized carbons (Fsp3) is 0.700. The third-order valence-corrected chi connectivity index (χ3v) is 7.32. The highest BCUT2D eigenvalue weighted by Crippen LogP contribution is 2.61. The van der Waals surface area contributed by atoms with Crippen LogP contribution in [0, 0.1) is 24.2 Å². The molecular weight excluding hydrogens is 272 g/mol. The van der Waals surface area contributed by atoms with Crippen LogP contribution in [0.3, 0.4) is 0 Å². The van der Waals surface area contributed by atoms with Gasteiger partial charge < -0.3 is 9.84 Å². The lowest BCUT2D eigenvalue weighted by Crippen LogP contribution is -2.44. The Morgan fingerprint density at radius 2 is 2.00 bits per heavy atom. The standard InChI is InChI=1S/C20H28O2/c1-12-13-4-5-16-15(14(13)6-8-18(12)22-3)10-11-20(2)17(16)7-9-19(20)21/h6,8,15-17,19,21H,4-5,7,9-11H2,1-3H3. The van der Waals surface area contributed by atoms with Crippen LogP contribution in [0.5, 0.6) is 5.75 Å². The molecule has 0 radical (unpaired) electrons. The number of hydrogen-bond acceptors (Lipinski definition) is 2. The van der Waals surface area contributed by atoms with Gasteiger partial charge in [0, 0.05) is 0 Å². The molecule has 1 aromatic carbocycles. The molecule has 4 rings (SSSR count). The zero-order chi connectivity index (χ0) is 15.5. The second-order valence-corrected chi connectivity index (χ2v) is 8.01. The van der Waals surface area contributed by atoms with E-state index in [4.69, 9.17) is 4.74 Å². The quantitative estimate of drug-likeness (QED) is 0.841. The second-order valence-electron chi connectivity index (χ2n) is 8.01. The molecule has 1 aromatic rings. The van der Waals surface area contributed by atoms with E-state index in [1.807, 2.05) is 0 Å². The van der Waals surface area contributed by atoms with Crippen molar-refractivity contribution in [1.29, 1.82) is 0 Å². The molecule has 1 N–H and O–H groups in total. The Morgan fingerprint density at radius 1 is 1.18 bits per heavy atom. The Morgan fingerprint density at radius 3 is 2.77 bits per heavy atom. The molecule has 0 heterocycles. The molecule has 0 saturated heterocycles. The number of benzene rings is 1. The molecule has 2 heteroatoms. The van der Waals surface area contributed by atoms with Gasteiger partial charge in [0.05, 0.1) is 13.2 Å². The molecular formula is C20H28O2. The van der Waals surface area contributed by atoms with Crippen LogP contribution >= 0.6 is 0 Å². The van der Waals surface area contributed by atoms with Crippen LogP contribution in [-0.4, -0.2) is 18.3 Å². The molecule has 0 aromatic heterocycles. The zero-order valence-corrected chi connectivity index (χ0v) is 14.1. The minimum absolute atomic E-state index is 0.0718. The van der Waals surface area contributed by atoms with E-state index in [0.29, 0.717) is 5.92 Å². The van der Waals surface area contributed by atoms with Crippen LogP contribution in [0.15, 0.2) is 12.1 Å². The molecule has 0 aliphatic heterocycles. The first-order valence-electron chi connectivity index (χ1n) is 8.90. The Balaban J connectivity index is 1.72. The van der Waals surface area contributed by atoms with Gasteiger partial charge in [0.25, 0.3) is 0 Å². The summed E-state index contributed by atoms with van der Waals surface area (Å²) < 4.78 is 5.51. The van der Waals surface area contributed by atoms with Crippen LogP contribution in [0.2, 0.25) is 0 Å². The lowest BCUT2D eigenvalue weighted by Gasteiger charge is -2.50. The molecule has 5 atom stereocenters. The zero-order valence-electron chi connectivity index (χ0n) is 14.1. The van der Waals surface area contributed by atoms with Crippen LogP contribution in [-0.2, 0) is 6.42 Å². The molecule has 3 aliphatic rings. The van der Waals surface area contributed by atoms with Crippen molar-refractivity contribution in [3.63, 3.8) is 0 Å². The fourth-order valence-electron chi connectivity index (χ4n) is 6.02. The van der Waals surface area contributed by atoms with Gasteiger partial charge in [-0.25, -0.2) is 0 Å². The van der Waals surface area contributed by atoms with Gasteiger partial charge in [0.15, 0.2) is 0 Å². The minimum atomic E-state index is -0.0718. The maximum atomic E-state index is 10.5. The molecule has 2 saturated carbocycles. The van der Waals surface area contributed by atoms with Gasteiger partial charge in [-0.2, -0.15) is 0 Å². The summed E-state index contributed by atoms with van der Waals surface area (Å²) >= 11 is 0. The van der Waals surface area contributed by atoms with Gasteiger partial charge in [-0.1, -0.05) is 13.0 Å². The Bertz CT molecular complexity index is 594. The normalized spacial score (nSPS) is 39.8. The number of fused-ring (bicyclic) bond motifs is 5. The van der Waals surface area contributed by atoms with Crippen molar-refractivity contribution in [3.8, 4) is 5.75 Å². The average molecular weight is 300 g/mol. The molecule has 0 amide bonds. The first kappa shape index (κ1) is 14.6. The molecule has 2 nitrogen and oxygen atoms in total. The number of ether oxygens (including phenoxy) is 1. The SMILES string of the molecule is COc1ccc2c(c1C)CCC1C2CCC2(C)C(O)CCC12. The lowest BCUT2D eigenvalue weighted by atomic mass is 9.55. The van der Waals surface area contributed by atoms with E-state index in [2.05, 4.69) is 26.0 Å². The van der Waals surface area contributed by atoms with Crippen LogP contribution in [0.1, 0.15) is 61.6 Å². The van der Waals surface area contributed by atoms with Crippen molar-refractivity contribution < 1.29 is 9.84 Å². The van der Waals surface area contributed by atoms with E-state index in [1.54, 1.807) is 18.2 Å². The minimum Gasteiger partial charge on any atom is -0.496 e. The molecule has 0 bridgehead atoms. The summed E-state index contributed by atoms with van der Waals surface area (Å²) in [5.41, 5.74) is 4.65. The van der Waals surface area contributed by atoms with E-state index in [0.717, 1.165) is 24.0 Å². The third kappa shape index (κ3) is 1.83. The smallest absolute Gasteiger partial charge is 0.122 e. The summed E-state index contributed by atoms with van der Waals surface area (Å²) in [7, 11) is 1.77. The molecule has 0 spiro atoms. The summed E-state index contributed by atoms with van der Waals surface area (Å²) in [5, 5.41) is 10.5. The fourth-order valence-corrected chi connectivity index (χ4v) is 6.02. The van der Waals surface area contributed by atoms with Gasteiger partial charge >= 0.3 is 0 Å². The lowest BCUT2D eigenvalue weighted by molar-refractivity contribution is -0.0226. The Hall–Kier alpha value is -1.02. The highest BCUT2D eigenvalue weighted by molar-refractivity contribution is 5.47. The van der Waals surface area contributed by atoms with E-state index >= 15 is 0 Å². The summed E-state index contributed by atoms with van der Waals surface area (Å²) in [5.74, 6) is 3.24. The maximum absolute atomic E-state index is 10.5. The van der Waals surface area contributed by atoms with Gasteiger partial charge in [-0.3, -0.25) is 0 Å². The molecule has 3 aliphatic carbocycles. The predicted molar refractivity (Wildman–Crippen MR) is 88.4 cm³/mol. The van der Waals surface area contributed by atoms with Crippen LogP contribution in [0.25, 0.3) is 0 Å². The topological polar surface area (TPSA) is 29.5 Å². The first-order valence-corrected chi connectivity index (χ1v) is 8.90. The number of aliphatic hydroxyl groups is 1. The van der Waals surface area contributed by atoms with Crippen molar-refractivity contribution >= 4 is 0 Å². The summed E-state index contributed by atoms with van der Waals surface area (Å²) in [6.45, 7) is 4.56. The highest BCUT2D eigenvalue weighted by atomic mass is 16.5. The van der Waals surface area contributed by atoms with Gasteiger partial charge in [-0.15, -0.1) is 0 Å². The second kappa shape index (κ2) is 4.99. The van der Waals surface area contributed by atoms with Crippen molar-refractivity contribution in [2.45, 2.75) is 64.4 Å². The molecule has 120 valence electrons. The summed E-state index contributed by atoms with van der Waals surface area (Å²) in [6, 6.07) is 4.49. The number of aliphatic hydroxyl groups excluding tert-OH is 1. The van der Waals surface area contributed by atoms with Crippen molar-refractivity contribution in [2.24, 2.45) is 17.3 Å². The average Bonchev–Trinajstić information content (AvgIpc) is 2.83. The number of hydrogen-bond donors (Lipinski definition) is 1. The largest absolute Gasteiger partial charge is 0.496 e. The van der Waals surface area contributed by atoms with Crippen molar-refractivity contribution in [2.75, 3.05) is 7.11 Å². The first-order chi connectivity index (χ1) is 10.6. The van der Waals surface area contributed by atoms with Crippen molar-refractivity contribution in [3.05, 3.63) is 28.8 Å². The van der Waals surface area contributed by atoms with E-state index < -0.39 is 0 Å². The van der Waals surface area contributed by atoms with Gasteiger partial charge in [0.2, 0.25) is 0 Å². The van der Waals surface area contributed by atoms with E-state index in [9.17, 15) is 5.11 Å². The van der Waals surface area contributed by atoms with E-state index in [1.165, 1.54) is 37.7 Å².